The maximum Gasteiger partial charge on any atom is 0.126 e. The molecule has 0 bridgehead atoms. The van der Waals surface area contributed by atoms with Crippen LogP contribution in [0.15, 0.2) is 0 Å². The molecule has 2 N–H and O–H groups in total. The molecule has 0 aliphatic heterocycles. The summed E-state index contributed by atoms with van der Waals surface area (Å²) in [6.07, 6.45) is 0. The first-order chi connectivity index (χ1) is 5.15. The van der Waals surface area contributed by atoms with Gasteiger partial charge in [-0.15, -0.1) is 0 Å². The lowest BCUT2D eigenvalue weighted by Gasteiger charge is -1.86. The Hall–Kier alpha value is -0.410. The molecule has 0 aromatic heterocycles. The molecule has 0 atom stereocenters. The Morgan fingerprint density at radius 1 is 1.18 bits per heavy atom. The predicted octanol–water partition coefficient (Wildman–Crippen LogP) is 0.820. The van der Waals surface area contributed by atoms with Gasteiger partial charge in [-0.25, -0.2) is 0 Å². The summed E-state index contributed by atoms with van der Waals surface area (Å²) in [7, 11) is 1.00. The molecule has 0 saturated heterocycles. The second kappa shape index (κ2) is 22.6. The van der Waals surface area contributed by atoms with Gasteiger partial charge in [-0.3, -0.25) is 0 Å². The molecule has 0 aromatic carbocycles. The third kappa shape index (κ3) is 219. The third-order valence-electron chi connectivity index (χ3n) is 0.500. The zero-order chi connectivity index (χ0) is 9.70. The van der Waals surface area contributed by atoms with Crippen LogP contribution in [-0.2, 0) is 4.79 Å². The highest BCUT2D eigenvalue weighted by Gasteiger charge is 1.63. The number of hydrogen-bond acceptors (Lipinski definition) is 3. The fourth-order valence-electron chi connectivity index (χ4n) is 0.250. The Morgan fingerprint density at radius 3 is 1.36 bits per heavy atom. The molecule has 0 radical (unpaired) electrons. The van der Waals surface area contributed by atoms with Crippen LogP contribution in [0.2, 0.25) is 0 Å². The molecule has 3 heteroatoms. The molecule has 0 heterocycles. The minimum absolute atomic E-state index is 0.167. The molecule has 0 spiro atoms. The van der Waals surface area contributed by atoms with Crippen molar-refractivity contribution in [3.63, 3.8) is 0 Å². The molecular formula is C8H21NO2. The van der Waals surface area contributed by atoms with E-state index in [-0.39, 0.29) is 5.78 Å². The van der Waals surface area contributed by atoms with Crippen LogP contribution in [-0.4, -0.2) is 31.1 Å². The van der Waals surface area contributed by atoms with E-state index in [0.717, 1.165) is 20.2 Å². The van der Waals surface area contributed by atoms with Crippen molar-refractivity contribution in [1.82, 2.24) is 5.32 Å². The highest BCUT2D eigenvalue weighted by molar-refractivity contribution is 5.72. The molecule has 0 aliphatic carbocycles. The van der Waals surface area contributed by atoms with Crippen LogP contribution in [0, 0.1) is 0 Å². The monoisotopic (exact) mass is 163 g/mol. The standard InChI is InChI=1S/C4H11N.C3H6O.CH4O/c1-3-5-4-2;1-3(2)4;1-2/h5H,3-4H2,1-2H3;1-2H3;2H,1H3. The van der Waals surface area contributed by atoms with E-state index in [1.54, 1.807) is 0 Å². The van der Waals surface area contributed by atoms with Crippen molar-refractivity contribution in [3.8, 4) is 0 Å². The van der Waals surface area contributed by atoms with Gasteiger partial charge in [0, 0.05) is 7.11 Å². The van der Waals surface area contributed by atoms with Gasteiger partial charge in [-0.2, -0.15) is 0 Å². The van der Waals surface area contributed by atoms with Crippen molar-refractivity contribution in [2.75, 3.05) is 20.2 Å². The lowest BCUT2D eigenvalue weighted by Crippen LogP contribution is -2.09. The largest absolute Gasteiger partial charge is 0.400 e. The molecule has 0 aromatic rings. The fraction of sp³-hybridized carbons (Fsp3) is 0.875. The minimum atomic E-state index is 0.167. The quantitative estimate of drug-likeness (QED) is 0.633. The summed E-state index contributed by atoms with van der Waals surface area (Å²) in [5, 5.41) is 10.1. The van der Waals surface area contributed by atoms with Crippen LogP contribution in [0.3, 0.4) is 0 Å². The summed E-state index contributed by atoms with van der Waals surface area (Å²) >= 11 is 0. The zero-order valence-electron chi connectivity index (χ0n) is 8.27. The van der Waals surface area contributed by atoms with Gasteiger partial charge in [0.1, 0.15) is 5.78 Å². The summed E-state index contributed by atoms with van der Waals surface area (Å²) in [5.74, 6) is 0.167. The Morgan fingerprint density at radius 2 is 1.36 bits per heavy atom. The van der Waals surface area contributed by atoms with Gasteiger partial charge in [0.15, 0.2) is 0 Å². The summed E-state index contributed by atoms with van der Waals surface area (Å²) in [5.41, 5.74) is 0. The Balaban J connectivity index is -0.0000000965. The summed E-state index contributed by atoms with van der Waals surface area (Å²) in [4.78, 5) is 9.44. The number of nitrogens with one attached hydrogen (secondary N) is 1. The molecule has 70 valence electrons. The molecule has 0 amide bonds. The first kappa shape index (κ1) is 16.9. The SMILES string of the molecule is CC(C)=O.CCNCC.CO. The molecule has 11 heavy (non-hydrogen) atoms. The fourth-order valence-corrected chi connectivity index (χ4v) is 0.250. The van der Waals surface area contributed by atoms with Crippen molar-refractivity contribution < 1.29 is 9.90 Å². The van der Waals surface area contributed by atoms with E-state index in [1.165, 1.54) is 13.8 Å². The van der Waals surface area contributed by atoms with Crippen molar-refractivity contribution in [3.05, 3.63) is 0 Å². The van der Waals surface area contributed by atoms with Crippen molar-refractivity contribution in [2.45, 2.75) is 27.7 Å². The molecule has 0 rings (SSSR count). The van der Waals surface area contributed by atoms with Crippen LogP contribution in [0.5, 0.6) is 0 Å². The molecule has 0 saturated carbocycles. The van der Waals surface area contributed by atoms with Gasteiger partial charge in [-0.05, 0) is 26.9 Å². The number of rotatable bonds is 2. The molecule has 3 nitrogen and oxygen atoms in total. The van der Waals surface area contributed by atoms with Crippen LogP contribution in [0.1, 0.15) is 27.7 Å². The number of carbonyl (C=O) groups is 1. The Bertz CT molecular complexity index is 59.1. The maximum atomic E-state index is 9.44. The minimum Gasteiger partial charge on any atom is -0.400 e. The van der Waals surface area contributed by atoms with E-state index in [9.17, 15) is 4.79 Å². The van der Waals surface area contributed by atoms with Crippen LogP contribution in [0.4, 0.5) is 0 Å². The third-order valence-corrected chi connectivity index (χ3v) is 0.500. The smallest absolute Gasteiger partial charge is 0.126 e. The van der Waals surface area contributed by atoms with Crippen LogP contribution < -0.4 is 5.32 Å². The van der Waals surface area contributed by atoms with E-state index in [4.69, 9.17) is 5.11 Å². The normalized spacial score (nSPS) is 6.73. The lowest BCUT2D eigenvalue weighted by molar-refractivity contribution is -0.114. The average Bonchev–Trinajstić information content (AvgIpc) is 1.93. The molecule has 0 unspecified atom stereocenters. The van der Waals surface area contributed by atoms with Crippen molar-refractivity contribution in [2.24, 2.45) is 0 Å². The number of aliphatic hydroxyl groups is 1. The van der Waals surface area contributed by atoms with Crippen LogP contribution in [0.25, 0.3) is 0 Å². The molecule has 0 fully saturated rings. The summed E-state index contributed by atoms with van der Waals surface area (Å²) < 4.78 is 0. The van der Waals surface area contributed by atoms with Gasteiger partial charge in [-0.1, -0.05) is 13.8 Å². The topological polar surface area (TPSA) is 49.3 Å². The van der Waals surface area contributed by atoms with Crippen molar-refractivity contribution in [1.29, 1.82) is 0 Å². The van der Waals surface area contributed by atoms with Crippen molar-refractivity contribution >= 4 is 5.78 Å². The number of aliphatic hydroxyl groups excluding tert-OH is 1. The second-order valence-electron chi connectivity index (χ2n) is 1.87. The molecular weight excluding hydrogens is 142 g/mol. The second-order valence-corrected chi connectivity index (χ2v) is 1.87. The van der Waals surface area contributed by atoms with E-state index in [1.807, 2.05) is 0 Å². The van der Waals surface area contributed by atoms with Gasteiger partial charge in [0.25, 0.3) is 0 Å². The number of ketones is 1. The Kier molecular flexibility index (Phi) is 34.8. The number of carbonyl (C=O) groups excluding carboxylic acids is 1. The van der Waals surface area contributed by atoms with E-state index in [0.29, 0.717) is 0 Å². The van der Waals surface area contributed by atoms with Gasteiger partial charge in [0.05, 0.1) is 0 Å². The van der Waals surface area contributed by atoms with Gasteiger partial charge in [0.2, 0.25) is 0 Å². The van der Waals surface area contributed by atoms with E-state index < -0.39 is 0 Å². The van der Waals surface area contributed by atoms with E-state index in [2.05, 4.69) is 19.2 Å². The Labute approximate surface area is 69.8 Å². The zero-order valence-corrected chi connectivity index (χ0v) is 8.27. The number of Topliss-reactive ketones (excluding diaryl/α,β-unsaturated/α-hetero) is 1. The lowest BCUT2D eigenvalue weighted by atomic mass is 10.6. The average molecular weight is 163 g/mol. The maximum absolute atomic E-state index is 9.44. The number of hydrogen-bond donors (Lipinski definition) is 2. The van der Waals surface area contributed by atoms with Gasteiger partial charge < -0.3 is 15.2 Å². The molecule has 0 aliphatic rings. The first-order valence-electron chi connectivity index (χ1n) is 3.77. The summed E-state index contributed by atoms with van der Waals surface area (Å²) in [6, 6.07) is 0. The highest BCUT2D eigenvalue weighted by Crippen LogP contribution is 1.50. The predicted molar refractivity (Wildman–Crippen MR) is 48.7 cm³/mol. The van der Waals surface area contributed by atoms with E-state index >= 15 is 0 Å². The van der Waals surface area contributed by atoms with Crippen LogP contribution >= 0.6 is 0 Å². The van der Waals surface area contributed by atoms with Gasteiger partial charge >= 0.3 is 0 Å². The summed E-state index contributed by atoms with van der Waals surface area (Å²) in [6.45, 7) is 9.44. The first-order valence-corrected chi connectivity index (χ1v) is 3.77. The highest BCUT2D eigenvalue weighted by atomic mass is 16.2.